The Bertz CT molecular complexity index is 648. The molecule has 0 aliphatic heterocycles. The molecule has 0 radical (unpaired) electrons. The number of hydrogen-bond donors (Lipinski definition) is 1. The Kier molecular flexibility index (Phi) is 4.50. The lowest BCUT2D eigenvalue weighted by Crippen LogP contribution is -2.02. The summed E-state index contributed by atoms with van der Waals surface area (Å²) in [5.41, 5.74) is -0.309. The van der Waals surface area contributed by atoms with E-state index in [2.05, 4.69) is 15.3 Å². The topological polar surface area (TPSA) is 99.4 Å². The maximum absolute atomic E-state index is 11.0. The summed E-state index contributed by atoms with van der Waals surface area (Å²) < 4.78 is 10.8. The Morgan fingerprint density at radius 1 is 1.38 bits per heavy atom. The van der Waals surface area contributed by atoms with E-state index in [0.717, 1.165) is 6.20 Å². The number of nitrogens with zero attached hydrogens (tertiary/aromatic N) is 3. The summed E-state index contributed by atoms with van der Waals surface area (Å²) in [6.07, 6.45) is 1.10. The van der Waals surface area contributed by atoms with E-state index in [1.165, 1.54) is 0 Å². The van der Waals surface area contributed by atoms with Gasteiger partial charge in [0.1, 0.15) is 17.7 Å². The molecule has 0 aliphatic rings. The Hall–Kier alpha value is -2.90. The van der Waals surface area contributed by atoms with Crippen LogP contribution in [0.3, 0.4) is 0 Å². The molecule has 0 fully saturated rings. The first-order valence-corrected chi connectivity index (χ1v) is 6.24. The van der Waals surface area contributed by atoms with Crippen molar-refractivity contribution >= 4 is 11.6 Å². The fourth-order valence-corrected chi connectivity index (χ4v) is 1.59. The number of hydrogen-bond acceptors (Lipinski definition) is 7. The van der Waals surface area contributed by atoms with E-state index in [4.69, 9.17) is 9.47 Å². The van der Waals surface area contributed by atoms with Crippen molar-refractivity contribution in [3.05, 3.63) is 40.6 Å². The number of benzene rings is 1. The number of nitro groups is 1. The molecule has 8 nitrogen and oxygen atoms in total. The zero-order valence-corrected chi connectivity index (χ0v) is 11.6. The summed E-state index contributed by atoms with van der Waals surface area (Å²) >= 11 is 0. The third-order valence-electron chi connectivity index (χ3n) is 2.49. The van der Waals surface area contributed by atoms with Gasteiger partial charge in [-0.05, 0) is 19.1 Å². The zero-order valence-electron chi connectivity index (χ0n) is 11.6. The van der Waals surface area contributed by atoms with E-state index in [0.29, 0.717) is 18.1 Å². The Morgan fingerprint density at radius 2 is 2.14 bits per heavy atom. The SMILES string of the molecule is CCOc1cccc(Oc2nc(NC)ncc2[N+](=O)[O-])c1. The molecule has 2 aromatic rings. The van der Waals surface area contributed by atoms with Gasteiger partial charge in [0.05, 0.1) is 11.5 Å². The van der Waals surface area contributed by atoms with Crippen molar-refractivity contribution in [2.24, 2.45) is 0 Å². The highest BCUT2D eigenvalue weighted by molar-refractivity contribution is 5.46. The molecule has 0 unspecified atom stereocenters. The van der Waals surface area contributed by atoms with Crippen LogP contribution in [-0.4, -0.2) is 28.5 Å². The fourth-order valence-electron chi connectivity index (χ4n) is 1.59. The summed E-state index contributed by atoms with van der Waals surface area (Å²) in [7, 11) is 1.61. The van der Waals surface area contributed by atoms with E-state index in [1.54, 1.807) is 31.3 Å². The fraction of sp³-hybridized carbons (Fsp3) is 0.231. The molecule has 0 saturated carbocycles. The lowest BCUT2D eigenvalue weighted by atomic mass is 10.3. The largest absolute Gasteiger partial charge is 0.494 e. The number of aromatic nitrogens is 2. The van der Waals surface area contributed by atoms with Gasteiger partial charge in [0, 0.05) is 13.1 Å². The second-order valence-electron chi connectivity index (χ2n) is 3.90. The Balaban J connectivity index is 2.33. The van der Waals surface area contributed by atoms with Gasteiger partial charge < -0.3 is 14.8 Å². The van der Waals surface area contributed by atoms with Crippen LogP contribution in [0.25, 0.3) is 0 Å². The van der Waals surface area contributed by atoms with E-state index in [9.17, 15) is 10.1 Å². The number of anilines is 1. The standard InChI is InChI=1S/C13H14N4O4/c1-3-20-9-5-4-6-10(7-9)21-12-11(17(18)19)8-15-13(14-2)16-12/h4-8H,3H2,1-2H3,(H,14,15,16). The number of nitrogens with one attached hydrogen (secondary N) is 1. The van der Waals surface area contributed by atoms with Gasteiger partial charge in [-0.15, -0.1) is 0 Å². The quantitative estimate of drug-likeness (QED) is 0.644. The molecule has 1 aromatic heterocycles. The molecule has 110 valence electrons. The van der Waals surface area contributed by atoms with Gasteiger partial charge >= 0.3 is 11.6 Å². The molecule has 0 spiro atoms. The number of rotatable bonds is 6. The molecule has 1 heterocycles. The molecule has 8 heteroatoms. The average molecular weight is 290 g/mol. The molecule has 0 atom stereocenters. The van der Waals surface area contributed by atoms with Crippen LogP contribution < -0.4 is 14.8 Å². The molecule has 0 aliphatic carbocycles. The van der Waals surface area contributed by atoms with Crippen LogP contribution in [0.1, 0.15) is 6.92 Å². The average Bonchev–Trinajstić information content (AvgIpc) is 2.47. The maximum atomic E-state index is 11.0. The van der Waals surface area contributed by atoms with Gasteiger partial charge in [-0.3, -0.25) is 10.1 Å². The van der Waals surface area contributed by atoms with Crippen LogP contribution in [0.2, 0.25) is 0 Å². The van der Waals surface area contributed by atoms with Crippen LogP contribution in [0.5, 0.6) is 17.4 Å². The maximum Gasteiger partial charge on any atom is 0.349 e. The summed E-state index contributed by atoms with van der Waals surface area (Å²) in [6, 6.07) is 6.79. The normalized spacial score (nSPS) is 10.0. The van der Waals surface area contributed by atoms with Gasteiger partial charge in [-0.1, -0.05) is 6.07 Å². The van der Waals surface area contributed by atoms with Gasteiger partial charge in [0.2, 0.25) is 5.95 Å². The minimum Gasteiger partial charge on any atom is -0.494 e. The summed E-state index contributed by atoms with van der Waals surface area (Å²) in [4.78, 5) is 18.1. The van der Waals surface area contributed by atoms with Crippen LogP contribution >= 0.6 is 0 Å². The molecule has 1 N–H and O–H groups in total. The monoisotopic (exact) mass is 290 g/mol. The van der Waals surface area contributed by atoms with E-state index >= 15 is 0 Å². The van der Waals surface area contributed by atoms with Crippen LogP contribution in [0.4, 0.5) is 11.6 Å². The van der Waals surface area contributed by atoms with Crippen molar-refractivity contribution in [2.75, 3.05) is 19.0 Å². The second-order valence-corrected chi connectivity index (χ2v) is 3.90. The van der Waals surface area contributed by atoms with Crippen molar-refractivity contribution in [1.29, 1.82) is 0 Å². The lowest BCUT2D eigenvalue weighted by Gasteiger charge is -2.08. The van der Waals surface area contributed by atoms with Crippen molar-refractivity contribution in [3.63, 3.8) is 0 Å². The van der Waals surface area contributed by atoms with Crippen molar-refractivity contribution < 1.29 is 14.4 Å². The highest BCUT2D eigenvalue weighted by Gasteiger charge is 2.19. The minimum absolute atomic E-state index is 0.131. The van der Waals surface area contributed by atoms with E-state index < -0.39 is 4.92 Å². The molecule has 1 aromatic carbocycles. The van der Waals surface area contributed by atoms with Gasteiger partial charge in [-0.2, -0.15) is 4.98 Å². The minimum atomic E-state index is -0.596. The molecule has 0 amide bonds. The van der Waals surface area contributed by atoms with Crippen molar-refractivity contribution in [1.82, 2.24) is 9.97 Å². The summed E-state index contributed by atoms with van der Waals surface area (Å²) in [5.74, 6) is 1.11. The first kappa shape index (κ1) is 14.5. The first-order chi connectivity index (χ1) is 10.1. The lowest BCUT2D eigenvalue weighted by molar-refractivity contribution is -0.386. The molecular weight excluding hydrogens is 276 g/mol. The van der Waals surface area contributed by atoms with Crippen molar-refractivity contribution in [3.8, 4) is 17.4 Å². The predicted molar refractivity (Wildman–Crippen MR) is 75.9 cm³/mol. The highest BCUT2D eigenvalue weighted by atomic mass is 16.6. The molecule has 0 saturated heterocycles. The van der Waals surface area contributed by atoms with Crippen LogP contribution in [0, 0.1) is 10.1 Å². The molecule has 0 bridgehead atoms. The highest BCUT2D eigenvalue weighted by Crippen LogP contribution is 2.30. The van der Waals surface area contributed by atoms with Crippen LogP contribution in [-0.2, 0) is 0 Å². The van der Waals surface area contributed by atoms with Crippen LogP contribution in [0.15, 0.2) is 30.5 Å². The van der Waals surface area contributed by atoms with Gasteiger partial charge in [0.15, 0.2) is 0 Å². The van der Waals surface area contributed by atoms with E-state index in [-0.39, 0.29) is 17.5 Å². The molecule has 2 rings (SSSR count). The molecular formula is C13H14N4O4. The third kappa shape index (κ3) is 3.56. The smallest absolute Gasteiger partial charge is 0.349 e. The first-order valence-electron chi connectivity index (χ1n) is 6.24. The zero-order chi connectivity index (χ0) is 15.2. The Labute approximate surface area is 120 Å². The predicted octanol–water partition coefficient (Wildman–Crippen LogP) is 2.62. The Morgan fingerprint density at radius 3 is 2.81 bits per heavy atom. The van der Waals surface area contributed by atoms with Gasteiger partial charge in [-0.25, -0.2) is 4.98 Å². The third-order valence-corrected chi connectivity index (χ3v) is 2.49. The molecule has 21 heavy (non-hydrogen) atoms. The second kappa shape index (κ2) is 6.51. The van der Waals surface area contributed by atoms with Gasteiger partial charge in [0.25, 0.3) is 0 Å². The summed E-state index contributed by atoms with van der Waals surface area (Å²) in [5, 5.41) is 13.7. The number of ether oxygens (including phenoxy) is 2. The van der Waals surface area contributed by atoms with Crippen molar-refractivity contribution in [2.45, 2.75) is 6.92 Å². The summed E-state index contributed by atoms with van der Waals surface area (Å²) in [6.45, 7) is 2.38. The van der Waals surface area contributed by atoms with E-state index in [1.807, 2.05) is 6.92 Å².